The molecule has 0 bridgehead atoms. The summed E-state index contributed by atoms with van der Waals surface area (Å²) in [5.41, 5.74) is 5.61. The fourth-order valence-electron chi connectivity index (χ4n) is 3.69. The molecular weight excluding hydrogens is 338 g/mol. The molecule has 4 nitrogen and oxygen atoms in total. The summed E-state index contributed by atoms with van der Waals surface area (Å²) in [7, 11) is 0. The van der Waals surface area contributed by atoms with Gasteiger partial charge in [-0.2, -0.15) is 0 Å². The molecule has 1 aliphatic carbocycles. The highest BCUT2D eigenvalue weighted by Gasteiger charge is 2.29. The van der Waals surface area contributed by atoms with Gasteiger partial charge in [0.2, 0.25) is 0 Å². The highest BCUT2D eigenvalue weighted by Crippen LogP contribution is 2.44. The Hall–Kier alpha value is -3.27. The molecule has 0 unspecified atom stereocenters. The van der Waals surface area contributed by atoms with Crippen molar-refractivity contribution in [1.29, 1.82) is 0 Å². The van der Waals surface area contributed by atoms with Gasteiger partial charge in [0, 0.05) is 5.92 Å². The molecule has 0 spiro atoms. The summed E-state index contributed by atoms with van der Waals surface area (Å²) in [4.78, 5) is 12.3. The Morgan fingerprint density at radius 1 is 1.00 bits per heavy atom. The van der Waals surface area contributed by atoms with Crippen LogP contribution in [0, 0.1) is 0 Å². The summed E-state index contributed by atoms with van der Waals surface area (Å²) in [6.07, 6.45) is -0.465. The average molecular weight is 359 g/mol. The van der Waals surface area contributed by atoms with Crippen molar-refractivity contribution in [2.24, 2.45) is 0 Å². The molecule has 4 rings (SSSR count). The van der Waals surface area contributed by atoms with Gasteiger partial charge in [-0.25, -0.2) is 4.79 Å². The highest BCUT2D eigenvalue weighted by molar-refractivity contribution is 5.79. The molecule has 3 aromatic carbocycles. The lowest BCUT2D eigenvalue weighted by Crippen LogP contribution is -2.28. The maximum Gasteiger partial charge on any atom is 0.407 e. The second kappa shape index (κ2) is 7.16. The van der Waals surface area contributed by atoms with Crippen molar-refractivity contribution >= 4 is 6.09 Å². The van der Waals surface area contributed by atoms with Crippen molar-refractivity contribution in [2.45, 2.75) is 18.9 Å². The molecule has 0 aliphatic heterocycles. The smallest absolute Gasteiger partial charge is 0.407 e. The zero-order chi connectivity index (χ0) is 18.8. The third-order valence-corrected chi connectivity index (χ3v) is 5.05. The van der Waals surface area contributed by atoms with Crippen LogP contribution in [0.15, 0.2) is 72.8 Å². The van der Waals surface area contributed by atoms with E-state index in [0.29, 0.717) is 0 Å². The van der Waals surface area contributed by atoms with E-state index in [1.165, 1.54) is 22.3 Å². The summed E-state index contributed by atoms with van der Waals surface area (Å²) in [6.45, 7) is 2.14. The summed E-state index contributed by atoms with van der Waals surface area (Å²) in [5, 5.41) is 12.4. The molecule has 0 fully saturated rings. The van der Waals surface area contributed by atoms with Gasteiger partial charge in [-0.3, -0.25) is 0 Å². The van der Waals surface area contributed by atoms with Crippen LogP contribution in [0.3, 0.4) is 0 Å². The second-order valence-corrected chi connectivity index (χ2v) is 6.79. The van der Waals surface area contributed by atoms with Crippen LogP contribution in [-0.2, 0) is 4.74 Å². The Bertz CT molecular complexity index is 937. The first-order valence-electron chi connectivity index (χ1n) is 9.04. The van der Waals surface area contributed by atoms with E-state index in [1.54, 1.807) is 18.2 Å². The number of phenolic OH excluding ortho intramolecular Hbond substituents is 1. The SMILES string of the molecule is C[C@H](NC(=O)OCC1c2ccccc2-c2ccccc21)c1cccc(O)c1. The number of rotatable bonds is 4. The number of benzene rings is 3. The molecule has 0 aromatic heterocycles. The molecule has 0 saturated carbocycles. The van der Waals surface area contributed by atoms with Gasteiger partial charge in [-0.05, 0) is 46.9 Å². The van der Waals surface area contributed by atoms with Crippen LogP contribution < -0.4 is 5.32 Å². The number of aromatic hydroxyl groups is 1. The molecule has 0 heterocycles. The Balaban J connectivity index is 1.45. The van der Waals surface area contributed by atoms with Crippen molar-refractivity contribution in [3.63, 3.8) is 0 Å². The third-order valence-electron chi connectivity index (χ3n) is 5.05. The van der Waals surface area contributed by atoms with Crippen LogP contribution in [-0.4, -0.2) is 17.8 Å². The summed E-state index contributed by atoms with van der Waals surface area (Å²) >= 11 is 0. The molecule has 1 aliphatic rings. The fourth-order valence-corrected chi connectivity index (χ4v) is 3.69. The molecule has 0 radical (unpaired) electrons. The van der Waals surface area contributed by atoms with Crippen molar-refractivity contribution < 1.29 is 14.6 Å². The summed E-state index contributed by atoms with van der Waals surface area (Å²) < 4.78 is 5.55. The van der Waals surface area contributed by atoms with Crippen molar-refractivity contribution in [3.05, 3.63) is 89.5 Å². The van der Waals surface area contributed by atoms with Gasteiger partial charge in [0.25, 0.3) is 0 Å². The first-order chi connectivity index (χ1) is 13.1. The van der Waals surface area contributed by atoms with Crippen LogP contribution in [0.25, 0.3) is 11.1 Å². The minimum absolute atomic E-state index is 0.0409. The van der Waals surface area contributed by atoms with Crippen LogP contribution in [0.1, 0.15) is 35.6 Å². The lowest BCUT2D eigenvalue weighted by molar-refractivity contribution is 0.139. The maximum absolute atomic E-state index is 12.3. The van der Waals surface area contributed by atoms with E-state index >= 15 is 0 Å². The molecule has 136 valence electrons. The number of nitrogens with one attached hydrogen (secondary N) is 1. The van der Waals surface area contributed by atoms with E-state index in [0.717, 1.165) is 5.56 Å². The summed E-state index contributed by atoms with van der Waals surface area (Å²) in [5.74, 6) is 0.216. The summed E-state index contributed by atoms with van der Waals surface area (Å²) in [6, 6.07) is 23.1. The monoisotopic (exact) mass is 359 g/mol. The Morgan fingerprint density at radius 3 is 2.26 bits per heavy atom. The first-order valence-corrected chi connectivity index (χ1v) is 9.04. The Labute approximate surface area is 158 Å². The third kappa shape index (κ3) is 3.38. The number of hydrogen-bond donors (Lipinski definition) is 2. The average Bonchev–Trinajstić information content (AvgIpc) is 3.00. The predicted molar refractivity (Wildman–Crippen MR) is 105 cm³/mol. The lowest BCUT2D eigenvalue weighted by atomic mass is 9.98. The van der Waals surface area contributed by atoms with E-state index in [2.05, 4.69) is 29.6 Å². The maximum atomic E-state index is 12.3. The van der Waals surface area contributed by atoms with Crippen LogP contribution in [0.5, 0.6) is 5.75 Å². The molecule has 0 saturated heterocycles. The largest absolute Gasteiger partial charge is 0.508 e. The molecular formula is C23H21NO3. The number of carbonyl (C=O) groups is 1. The standard InChI is InChI=1S/C23H21NO3/c1-15(16-7-6-8-17(25)13-16)24-23(26)27-14-22-20-11-4-2-9-18(20)19-10-3-5-12-21(19)22/h2-13,15,22,25H,14H2,1H3,(H,24,26)/t15-/m0/s1. The molecule has 1 atom stereocenters. The van der Waals surface area contributed by atoms with E-state index in [-0.39, 0.29) is 24.3 Å². The van der Waals surface area contributed by atoms with Gasteiger partial charge >= 0.3 is 6.09 Å². The van der Waals surface area contributed by atoms with E-state index in [4.69, 9.17) is 4.74 Å². The van der Waals surface area contributed by atoms with Gasteiger partial charge in [0.1, 0.15) is 12.4 Å². The molecule has 4 heteroatoms. The van der Waals surface area contributed by atoms with Crippen molar-refractivity contribution in [3.8, 4) is 16.9 Å². The second-order valence-electron chi connectivity index (χ2n) is 6.79. The minimum Gasteiger partial charge on any atom is -0.508 e. The van der Waals surface area contributed by atoms with Crippen LogP contribution in [0.4, 0.5) is 4.79 Å². The zero-order valence-corrected chi connectivity index (χ0v) is 15.1. The van der Waals surface area contributed by atoms with Gasteiger partial charge in [0.05, 0.1) is 6.04 Å². The van der Waals surface area contributed by atoms with E-state index < -0.39 is 6.09 Å². The molecule has 3 aromatic rings. The zero-order valence-electron chi connectivity index (χ0n) is 15.1. The van der Waals surface area contributed by atoms with E-state index in [1.807, 2.05) is 37.3 Å². The number of ether oxygens (including phenoxy) is 1. The lowest BCUT2D eigenvalue weighted by Gasteiger charge is -2.17. The number of hydrogen-bond acceptors (Lipinski definition) is 3. The van der Waals surface area contributed by atoms with Gasteiger partial charge < -0.3 is 15.2 Å². The number of carbonyl (C=O) groups excluding carboxylic acids is 1. The molecule has 1 amide bonds. The topological polar surface area (TPSA) is 58.6 Å². The van der Waals surface area contributed by atoms with Crippen LogP contribution >= 0.6 is 0 Å². The number of phenols is 1. The minimum atomic E-state index is -0.465. The molecule has 2 N–H and O–H groups in total. The van der Waals surface area contributed by atoms with Gasteiger partial charge in [-0.15, -0.1) is 0 Å². The van der Waals surface area contributed by atoms with Gasteiger partial charge in [0.15, 0.2) is 0 Å². The van der Waals surface area contributed by atoms with Crippen LogP contribution in [0.2, 0.25) is 0 Å². The quantitative estimate of drug-likeness (QED) is 0.690. The normalized spacial score (nSPS) is 13.5. The highest BCUT2D eigenvalue weighted by atomic mass is 16.5. The first kappa shape index (κ1) is 17.2. The number of alkyl carbamates (subject to hydrolysis) is 1. The van der Waals surface area contributed by atoms with Crippen molar-refractivity contribution in [1.82, 2.24) is 5.32 Å². The molecule has 27 heavy (non-hydrogen) atoms. The van der Waals surface area contributed by atoms with E-state index in [9.17, 15) is 9.90 Å². The number of amides is 1. The Morgan fingerprint density at radius 2 is 1.63 bits per heavy atom. The predicted octanol–water partition coefficient (Wildman–Crippen LogP) is 4.99. The van der Waals surface area contributed by atoms with Gasteiger partial charge in [-0.1, -0.05) is 60.7 Å². The number of fused-ring (bicyclic) bond motifs is 3. The fraction of sp³-hybridized carbons (Fsp3) is 0.174. The van der Waals surface area contributed by atoms with Crippen molar-refractivity contribution in [2.75, 3.05) is 6.61 Å². The Kier molecular flexibility index (Phi) is 4.55.